The Morgan fingerprint density at radius 1 is 1.15 bits per heavy atom. The molecule has 12 heteroatoms. The molecule has 3 aromatic rings. The molecule has 40 heavy (non-hydrogen) atoms. The summed E-state index contributed by atoms with van der Waals surface area (Å²) in [5.74, 6) is -0.732. The van der Waals surface area contributed by atoms with Crippen LogP contribution in [0.15, 0.2) is 54.7 Å². The second-order valence-corrected chi connectivity index (χ2v) is 10.5. The van der Waals surface area contributed by atoms with E-state index in [1.165, 1.54) is 17.4 Å². The van der Waals surface area contributed by atoms with E-state index >= 15 is 0 Å². The van der Waals surface area contributed by atoms with Crippen molar-refractivity contribution >= 4 is 36.8 Å². The number of unbranched alkanes of at least 4 members (excludes halogenated alkanes) is 1. The van der Waals surface area contributed by atoms with Gasteiger partial charge in [-0.25, -0.2) is 4.39 Å². The van der Waals surface area contributed by atoms with E-state index in [2.05, 4.69) is 22.0 Å². The Labute approximate surface area is 232 Å². The number of ketones is 1. The minimum absolute atomic E-state index is 0.0599. The topological polar surface area (TPSA) is 127 Å². The minimum Gasteiger partial charge on any atom is -0.467 e. The normalized spacial score (nSPS) is 17.6. The van der Waals surface area contributed by atoms with Gasteiger partial charge in [0.15, 0.2) is 12.6 Å². The van der Waals surface area contributed by atoms with Crippen LogP contribution in [0.1, 0.15) is 42.1 Å². The summed E-state index contributed by atoms with van der Waals surface area (Å²) in [4.78, 5) is 48.5. The van der Waals surface area contributed by atoms with Crippen molar-refractivity contribution in [2.45, 2.75) is 51.4 Å². The fourth-order valence-electron chi connectivity index (χ4n) is 4.90. The molecule has 1 unspecified atom stereocenters. The summed E-state index contributed by atoms with van der Waals surface area (Å²) in [6, 6.07) is 14.0. The van der Waals surface area contributed by atoms with Crippen LogP contribution >= 0.6 is 8.25 Å². The number of likely N-dealkylation sites (tertiary alicyclic amines) is 1. The monoisotopic (exact) mass is 573 g/mol. The third-order valence-corrected chi connectivity index (χ3v) is 7.22. The Morgan fingerprint density at radius 2 is 1.93 bits per heavy atom. The highest BCUT2D eigenvalue weighted by molar-refractivity contribution is 7.32. The van der Waals surface area contributed by atoms with Crippen molar-refractivity contribution in [3.8, 4) is 5.75 Å². The van der Waals surface area contributed by atoms with E-state index in [9.17, 15) is 23.3 Å². The number of carbonyl (C=O) groups excluding carboxylic acids is 3. The van der Waals surface area contributed by atoms with Crippen LogP contribution in [-0.2, 0) is 31.6 Å². The first-order chi connectivity index (χ1) is 19.2. The fraction of sp³-hybridized carbons (Fsp3) is 0.393. The lowest BCUT2D eigenvalue weighted by atomic mass is 10.1. The molecule has 0 bridgehead atoms. The molecule has 1 aromatic heterocycles. The predicted octanol–water partition coefficient (Wildman–Crippen LogP) is 3.66. The van der Waals surface area contributed by atoms with E-state index in [0.717, 1.165) is 19.3 Å². The highest BCUT2D eigenvalue weighted by atomic mass is 31.1. The zero-order valence-corrected chi connectivity index (χ0v) is 23.2. The summed E-state index contributed by atoms with van der Waals surface area (Å²) in [6.07, 6.45) is 2.74. The van der Waals surface area contributed by atoms with Crippen LogP contribution in [0, 0.1) is 0 Å². The third kappa shape index (κ3) is 7.56. The number of hydrogen-bond donors (Lipinski definition) is 2. The Morgan fingerprint density at radius 3 is 2.65 bits per heavy atom. The number of halogens is 1. The van der Waals surface area contributed by atoms with Gasteiger partial charge in [0, 0.05) is 35.6 Å². The summed E-state index contributed by atoms with van der Waals surface area (Å²) < 4.78 is 36.6. The molecule has 4 rings (SSSR count). The summed E-state index contributed by atoms with van der Waals surface area (Å²) >= 11 is 0. The molecule has 214 valence electrons. The first-order valence-electron chi connectivity index (χ1n) is 13.1. The van der Waals surface area contributed by atoms with Crippen LogP contribution in [-0.4, -0.2) is 64.1 Å². The quantitative estimate of drug-likeness (QED) is 0.138. The van der Waals surface area contributed by atoms with Crippen molar-refractivity contribution in [3.05, 3.63) is 65.9 Å². The van der Waals surface area contributed by atoms with Crippen LogP contribution in [0.25, 0.3) is 10.9 Å². The van der Waals surface area contributed by atoms with Gasteiger partial charge in [0.1, 0.15) is 24.5 Å². The molecule has 3 atom stereocenters. The lowest BCUT2D eigenvalue weighted by Gasteiger charge is -2.24. The van der Waals surface area contributed by atoms with Gasteiger partial charge in [-0.05, 0) is 49.9 Å². The number of nitrogens with zero attached hydrogens (tertiary/aromatic N) is 2. The maximum absolute atomic E-state index is 14.4. The van der Waals surface area contributed by atoms with Crippen molar-refractivity contribution in [2.24, 2.45) is 0 Å². The molecule has 1 aliphatic rings. The molecule has 1 aliphatic heterocycles. The number of Topliss-reactive ketones (excluding diaryl/α,β-unsaturated/α-hetero) is 1. The average Bonchev–Trinajstić information content (AvgIpc) is 3.49. The highest BCUT2D eigenvalue weighted by Gasteiger charge is 2.39. The van der Waals surface area contributed by atoms with Crippen molar-refractivity contribution in [1.82, 2.24) is 14.8 Å². The lowest BCUT2D eigenvalue weighted by Crippen LogP contribution is -2.47. The molecule has 0 aliphatic carbocycles. The van der Waals surface area contributed by atoms with Gasteiger partial charge >= 0.3 is 8.25 Å². The van der Waals surface area contributed by atoms with E-state index in [1.807, 2.05) is 18.2 Å². The van der Waals surface area contributed by atoms with E-state index in [1.54, 1.807) is 29.0 Å². The minimum atomic E-state index is -3.15. The smallest absolute Gasteiger partial charge is 0.319 e. The molecular formula is C28H33FN3O7P. The molecule has 0 spiro atoms. The second kappa shape index (κ2) is 13.7. The number of ether oxygens (including phenoxy) is 1. The number of benzene rings is 2. The molecule has 2 heterocycles. The number of alkyl halides is 1. The second-order valence-electron chi connectivity index (χ2n) is 9.71. The predicted molar refractivity (Wildman–Crippen MR) is 147 cm³/mol. The largest absolute Gasteiger partial charge is 0.467 e. The number of hydrogen-bond acceptors (Lipinski definition) is 6. The fourth-order valence-corrected chi connectivity index (χ4v) is 5.06. The molecule has 1 saturated heterocycles. The third-order valence-electron chi connectivity index (χ3n) is 6.85. The van der Waals surface area contributed by atoms with Crippen molar-refractivity contribution in [1.29, 1.82) is 0 Å². The van der Waals surface area contributed by atoms with Gasteiger partial charge in [-0.15, -0.1) is 0 Å². The number of aromatic nitrogens is 1. The highest BCUT2D eigenvalue weighted by Crippen LogP contribution is 2.28. The number of aryl methyl sites for hydroxylation is 1. The first-order valence-corrected chi connectivity index (χ1v) is 14.4. The zero-order chi connectivity index (χ0) is 28.6. The Hall–Kier alpha value is -3.53. The van der Waals surface area contributed by atoms with E-state index < -0.39 is 33.2 Å². The molecule has 1 fully saturated rings. The molecule has 0 saturated carbocycles. The molecule has 2 N–H and O–H groups in total. The Kier molecular flexibility index (Phi) is 10.1. The molecule has 0 radical (unpaired) electrons. The van der Waals surface area contributed by atoms with Crippen molar-refractivity contribution < 1.29 is 37.5 Å². The van der Waals surface area contributed by atoms with Gasteiger partial charge in [-0.2, -0.15) is 0 Å². The van der Waals surface area contributed by atoms with Crippen molar-refractivity contribution in [3.63, 3.8) is 0 Å². The maximum atomic E-state index is 14.4. The first kappa shape index (κ1) is 29.5. The van der Waals surface area contributed by atoms with Gasteiger partial charge in [0.05, 0.1) is 6.54 Å². The van der Waals surface area contributed by atoms with E-state index in [0.29, 0.717) is 28.8 Å². The molecule has 2 amide bonds. The average molecular weight is 574 g/mol. The number of carbonyl (C=O) groups is 3. The van der Waals surface area contributed by atoms with Crippen molar-refractivity contribution in [2.75, 3.05) is 19.9 Å². The van der Waals surface area contributed by atoms with Crippen LogP contribution in [0.3, 0.4) is 0 Å². The number of rotatable bonds is 13. The van der Waals surface area contributed by atoms with E-state index in [-0.39, 0.29) is 31.2 Å². The summed E-state index contributed by atoms with van der Waals surface area (Å²) in [6.45, 7) is 1.03. The Bertz CT molecular complexity index is 1380. The lowest BCUT2D eigenvalue weighted by molar-refractivity contribution is -0.138. The van der Waals surface area contributed by atoms with Gasteiger partial charge < -0.3 is 24.4 Å². The number of amides is 2. The molecule has 10 nitrogen and oxygen atoms in total. The van der Waals surface area contributed by atoms with Gasteiger partial charge in [-0.3, -0.25) is 23.5 Å². The van der Waals surface area contributed by atoms with Gasteiger partial charge in [-0.1, -0.05) is 30.3 Å². The van der Waals surface area contributed by atoms with Gasteiger partial charge in [0.2, 0.25) is 11.8 Å². The molecule has 2 aromatic carbocycles. The molecular weight excluding hydrogens is 540 g/mol. The zero-order valence-electron chi connectivity index (χ0n) is 22.2. The number of fused-ring (bicyclic) bond motifs is 1. The van der Waals surface area contributed by atoms with Gasteiger partial charge in [0.25, 0.3) is 0 Å². The summed E-state index contributed by atoms with van der Waals surface area (Å²) in [5.41, 5.74) is 2.14. The number of nitrogens with one attached hydrogen (secondary N) is 1. The maximum Gasteiger partial charge on any atom is 0.319 e. The van der Waals surface area contributed by atoms with Crippen LogP contribution < -0.4 is 10.1 Å². The summed E-state index contributed by atoms with van der Waals surface area (Å²) in [5, 5.41) is 3.37. The SMILES string of the molecule is CC(=O)c1cn(CC(=O)N2C[C@H](F)C[C@H]2C(=O)NCCCCc2ccccc2)c2ccc(OCO[PH](=O)O)cc12. The van der Waals surface area contributed by atoms with Crippen LogP contribution in [0.5, 0.6) is 5.75 Å². The van der Waals surface area contributed by atoms with E-state index in [4.69, 9.17) is 9.63 Å². The summed E-state index contributed by atoms with van der Waals surface area (Å²) in [7, 11) is -3.15. The van der Waals surface area contributed by atoms with Crippen LogP contribution in [0.2, 0.25) is 0 Å². The standard InChI is InChI=1S/C28H33FN3O7P/c1-19(33)24-16-31(25-11-10-22(14-23(24)25)38-18-39-40(36)37)17-27(34)32-15-21(29)13-26(32)28(35)30-12-6-5-9-20-7-3-2-4-8-20/h2-4,7-8,10-11,14,16,21,26,40H,5-6,9,12-13,15,17-18H2,1H3,(H,30,35)(H,36,37)/t21-,26+/m1/s1. The van der Waals surface area contributed by atoms with Crippen LogP contribution in [0.4, 0.5) is 4.39 Å². The Balaban J connectivity index is 1.39.